The van der Waals surface area contributed by atoms with Gasteiger partial charge in [-0.15, -0.1) is 0 Å². The molecule has 18 heavy (non-hydrogen) atoms. The van der Waals surface area contributed by atoms with Crippen molar-refractivity contribution in [2.75, 3.05) is 31.5 Å². The largest absolute Gasteiger partial charge is 1.00 e. The second kappa shape index (κ2) is 14.1. The third-order valence-corrected chi connectivity index (χ3v) is 4.28. The number of rotatable bonds is 12. The van der Waals surface area contributed by atoms with E-state index in [-0.39, 0.29) is 12.4 Å². The zero-order valence-corrected chi connectivity index (χ0v) is 15.0. The van der Waals surface area contributed by atoms with E-state index in [2.05, 4.69) is 36.7 Å². The Bertz CT molecular complexity index is 127. The summed E-state index contributed by atoms with van der Waals surface area (Å²) in [6, 6.07) is 0. The van der Waals surface area contributed by atoms with E-state index in [1.807, 2.05) is 0 Å². The van der Waals surface area contributed by atoms with E-state index in [1.54, 1.807) is 0 Å². The Kier molecular flexibility index (Phi) is 16.5. The summed E-state index contributed by atoms with van der Waals surface area (Å²) in [5.41, 5.74) is 0. The molecule has 0 heterocycles. The van der Waals surface area contributed by atoms with E-state index in [4.69, 9.17) is 0 Å². The molecule has 0 aliphatic heterocycles. The molecular formula is C15H33BrClN. The van der Waals surface area contributed by atoms with Gasteiger partial charge in [-0.3, -0.25) is 0 Å². The molecule has 112 valence electrons. The molecule has 0 spiro atoms. The van der Waals surface area contributed by atoms with Gasteiger partial charge in [0, 0.05) is 11.8 Å². The molecule has 0 saturated heterocycles. The van der Waals surface area contributed by atoms with Gasteiger partial charge in [-0.05, 0) is 19.3 Å². The Morgan fingerprint density at radius 2 is 1.00 bits per heavy atom. The first-order chi connectivity index (χ1) is 8.24. The summed E-state index contributed by atoms with van der Waals surface area (Å²) < 4.78 is 1.39. The predicted molar refractivity (Wildman–Crippen MR) is 82.9 cm³/mol. The maximum Gasteiger partial charge on any atom is 0.0794 e. The van der Waals surface area contributed by atoms with Crippen LogP contribution in [0, 0.1) is 0 Å². The minimum atomic E-state index is 0. The normalized spacial score (nSPS) is 11.3. The lowest BCUT2D eigenvalue weighted by Gasteiger charge is -2.39. The van der Waals surface area contributed by atoms with E-state index < -0.39 is 0 Å². The Balaban J connectivity index is 0. The average Bonchev–Trinajstić information content (AvgIpc) is 2.37. The highest BCUT2D eigenvalue weighted by molar-refractivity contribution is 9.09. The van der Waals surface area contributed by atoms with Gasteiger partial charge in [0.05, 0.1) is 26.2 Å². The molecule has 0 fully saturated rings. The summed E-state index contributed by atoms with van der Waals surface area (Å²) in [7, 11) is 0. The summed E-state index contributed by atoms with van der Waals surface area (Å²) >= 11 is 3.60. The second-order valence-corrected chi connectivity index (χ2v) is 6.13. The molecular weight excluding hydrogens is 310 g/mol. The third kappa shape index (κ3) is 9.63. The number of halogens is 2. The van der Waals surface area contributed by atoms with Crippen molar-refractivity contribution >= 4 is 15.9 Å². The number of alkyl halides is 1. The molecule has 0 saturated carbocycles. The first-order valence-corrected chi connectivity index (χ1v) is 8.77. The summed E-state index contributed by atoms with van der Waals surface area (Å²) in [4.78, 5) is 0. The first-order valence-electron chi connectivity index (χ1n) is 7.65. The van der Waals surface area contributed by atoms with Gasteiger partial charge in [-0.25, -0.2) is 0 Å². The highest BCUT2D eigenvalue weighted by atomic mass is 79.9. The predicted octanol–water partition coefficient (Wildman–Crippen LogP) is 1.99. The fraction of sp³-hybridized carbons (Fsp3) is 1.00. The molecule has 0 amide bonds. The van der Waals surface area contributed by atoms with Crippen molar-refractivity contribution in [3.05, 3.63) is 0 Å². The summed E-state index contributed by atoms with van der Waals surface area (Å²) in [5, 5.41) is 1.16. The van der Waals surface area contributed by atoms with Crippen molar-refractivity contribution in [1.82, 2.24) is 0 Å². The van der Waals surface area contributed by atoms with Gasteiger partial charge in [-0.2, -0.15) is 0 Å². The van der Waals surface area contributed by atoms with Crippen molar-refractivity contribution in [1.29, 1.82) is 0 Å². The van der Waals surface area contributed by atoms with Crippen LogP contribution in [0.5, 0.6) is 0 Å². The Morgan fingerprint density at radius 3 is 1.28 bits per heavy atom. The summed E-state index contributed by atoms with van der Waals surface area (Å²) in [6.45, 7) is 12.6. The quantitative estimate of drug-likeness (QED) is 0.376. The fourth-order valence-corrected chi connectivity index (χ4v) is 2.80. The molecule has 0 aromatic carbocycles. The molecule has 1 nitrogen and oxygen atoms in total. The molecule has 0 aliphatic rings. The number of hydrogen-bond acceptors (Lipinski definition) is 0. The molecule has 0 aliphatic carbocycles. The highest BCUT2D eigenvalue weighted by Gasteiger charge is 2.24. The van der Waals surface area contributed by atoms with E-state index in [9.17, 15) is 0 Å². The Labute approximate surface area is 130 Å². The SMILES string of the molecule is CCCC[N+](CCCC)(CCCC)CCCBr.[Cl-]. The Morgan fingerprint density at radius 1 is 0.667 bits per heavy atom. The average molecular weight is 343 g/mol. The number of unbranched alkanes of at least 4 members (excludes halogenated alkanes) is 3. The lowest BCUT2D eigenvalue weighted by molar-refractivity contribution is -0.928. The first kappa shape index (κ1) is 21.0. The van der Waals surface area contributed by atoms with Crippen LogP contribution in [0.1, 0.15) is 65.7 Å². The second-order valence-electron chi connectivity index (χ2n) is 5.34. The molecule has 0 unspecified atom stereocenters. The van der Waals surface area contributed by atoms with Crippen LogP contribution in [0.25, 0.3) is 0 Å². The van der Waals surface area contributed by atoms with Crippen LogP contribution in [-0.2, 0) is 0 Å². The number of nitrogens with zero attached hydrogens (tertiary/aromatic N) is 1. The molecule has 3 heteroatoms. The van der Waals surface area contributed by atoms with Crippen LogP contribution < -0.4 is 12.4 Å². The lowest BCUT2D eigenvalue weighted by atomic mass is 10.1. The van der Waals surface area contributed by atoms with Crippen molar-refractivity contribution < 1.29 is 16.9 Å². The van der Waals surface area contributed by atoms with Crippen LogP contribution in [0.15, 0.2) is 0 Å². The minimum Gasteiger partial charge on any atom is -1.00 e. The van der Waals surface area contributed by atoms with Crippen LogP contribution in [0.4, 0.5) is 0 Å². The number of quaternary nitrogens is 1. The van der Waals surface area contributed by atoms with Gasteiger partial charge in [0.15, 0.2) is 0 Å². The Hall–Kier alpha value is 0.730. The molecule has 0 aromatic heterocycles. The fourth-order valence-electron chi connectivity index (χ4n) is 2.55. The molecule has 0 radical (unpaired) electrons. The lowest BCUT2D eigenvalue weighted by Crippen LogP contribution is -3.00. The molecule has 0 atom stereocenters. The molecule has 0 rings (SSSR count). The van der Waals surface area contributed by atoms with Crippen LogP contribution >= 0.6 is 15.9 Å². The highest BCUT2D eigenvalue weighted by Crippen LogP contribution is 2.16. The van der Waals surface area contributed by atoms with Gasteiger partial charge < -0.3 is 16.9 Å². The molecule has 0 aromatic rings. The molecule has 0 bridgehead atoms. The van der Waals surface area contributed by atoms with Crippen LogP contribution in [0.2, 0.25) is 0 Å². The maximum atomic E-state index is 3.60. The molecule has 0 N–H and O–H groups in total. The standard InChI is InChI=1S/C15H33BrN.ClH/c1-4-7-12-17(13-8-5-2,14-9-6-3)15-10-11-16;/h4-15H2,1-3H3;1H/q+1;/p-1. The van der Waals surface area contributed by atoms with Crippen molar-refractivity contribution in [3.8, 4) is 0 Å². The van der Waals surface area contributed by atoms with Gasteiger partial charge in [0.1, 0.15) is 0 Å². The summed E-state index contributed by atoms with van der Waals surface area (Å²) in [6.07, 6.45) is 9.55. The van der Waals surface area contributed by atoms with Crippen LogP contribution in [-0.4, -0.2) is 36.0 Å². The topological polar surface area (TPSA) is 0 Å². The van der Waals surface area contributed by atoms with Gasteiger partial charge >= 0.3 is 0 Å². The smallest absolute Gasteiger partial charge is 0.0794 e. The minimum absolute atomic E-state index is 0. The van der Waals surface area contributed by atoms with Gasteiger partial charge in [0.2, 0.25) is 0 Å². The summed E-state index contributed by atoms with van der Waals surface area (Å²) in [5.74, 6) is 0. The zero-order chi connectivity index (χ0) is 13.0. The van der Waals surface area contributed by atoms with Gasteiger partial charge in [0.25, 0.3) is 0 Å². The maximum absolute atomic E-state index is 3.60. The van der Waals surface area contributed by atoms with Crippen molar-refractivity contribution in [2.24, 2.45) is 0 Å². The van der Waals surface area contributed by atoms with E-state index in [0.717, 1.165) is 5.33 Å². The van der Waals surface area contributed by atoms with Crippen LogP contribution in [0.3, 0.4) is 0 Å². The van der Waals surface area contributed by atoms with E-state index in [1.165, 1.54) is 75.6 Å². The number of hydrogen-bond donors (Lipinski definition) is 0. The monoisotopic (exact) mass is 341 g/mol. The third-order valence-electron chi connectivity index (χ3n) is 3.72. The van der Waals surface area contributed by atoms with Crippen molar-refractivity contribution in [2.45, 2.75) is 65.7 Å². The van der Waals surface area contributed by atoms with Crippen molar-refractivity contribution in [3.63, 3.8) is 0 Å². The van der Waals surface area contributed by atoms with E-state index in [0.29, 0.717) is 0 Å². The van der Waals surface area contributed by atoms with Gasteiger partial charge in [-0.1, -0.05) is 56.0 Å². The van der Waals surface area contributed by atoms with E-state index >= 15 is 0 Å². The zero-order valence-electron chi connectivity index (χ0n) is 12.7.